The van der Waals surface area contributed by atoms with E-state index in [9.17, 15) is 4.79 Å². The van der Waals surface area contributed by atoms with Gasteiger partial charge in [0.15, 0.2) is 5.82 Å². The molecule has 3 heterocycles. The number of amides is 1. The van der Waals surface area contributed by atoms with Crippen LogP contribution < -0.4 is 10.2 Å². The van der Waals surface area contributed by atoms with Gasteiger partial charge >= 0.3 is 0 Å². The molecule has 5 nitrogen and oxygen atoms in total. The predicted molar refractivity (Wildman–Crippen MR) is 123 cm³/mol. The molecule has 2 saturated heterocycles. The Labute approximate surface area is 184 Å². The van der Waals surface area contributed by atoms with Crippen molar-refractivity contribution in [2.75, 3.05) is 42.9 Å². The molecule has 1 N–H and O–H groups in total. The van der Waals surface area contributed by atoms with E-state index in [2.05, 4.69) is 20.1 Å². The van der Waals surface area contributed by atoms with Crippen LogP contribution in [0.5, 0.6) is 0 Å². The van der Waals surface area contributed by atoms with E-state index < -0.39 is 0 Å². The molecule has 4 rings (SSSR count). The van der Waals surface area contributed by atoms with Crippen molar-refractivity contribution in [2.24, 2.45) is 5.92 Å². The zero-order valence-corrected chi connectivity index (χ0v) is 18.3. The van der Waals surface area contributed by atoms with Crippen molar-refractivity contribution in [2.45, 2.75) is 38.5 Å². The minimum atomic E-state index is -0.164. The zero-order valence-electron chi connectivity index (χ0n) is 17.5. The molecule has 30 heavy (non-hydrogen) atoms. The van der Waals surface area contributed by atoms with Crippen LogP contribution in [0.1, 0.15) is 48.9 Å². The van der Waals surface area contributed by atoms with Crippen LogP contribution in [-0.4, -0.2) is 48.5 Å². The Balaban J connectivity index is 1.33. The smallest absolute Gasteiger partial charge is 0.255 e. The molecule has 0 unspecified atom stereocenters. The Morgan fingerprint density at radius 3 is 2.63 bits per heavy atom. The highest BCUT2D eigenvalue weighted by Gasteiger charge is 2.23. The average molecular weight is 427 g/mol. The van der Waals surface area contributed by atoms with Gasteiger partial charge in [-0.25, -0.2) is 4.98 Å². The maximum atomic E-state index is 12.7. The van der Waals surface area contributed by atoms with E-state index in [1.54, 1.807) is 30.5 Å². The fourth-order valence-corrected chi connectivity index (χ4v) is 4.74. The number of hydrogen-bond acceptors (Lipinski definition) is 4. The summed E-state index contributed by atoms with van der Waals surface area (Å²) in [6.45, 7) is 5.78. The third-order valence-corrected chi connectivity index (χ3v) is 6.57. The highest BCUT2D eigenvalue weighted by molar-refractivity contribution is 6.31. The van der Waals surface area contributed by atoms with Gasteiger partial charge in [-0.3, -0.25) is 4.79 Å². The lowest BCUT2D eigenvalue weighted by atomic mass is 9.93. The molecular weight excluding hydrogens is 396 g/mol. The molecule has 2 aliphatic rings. The van der Waals surface area contributed by atoms with Crippen molar-refractivity contribution >= 4 is 29.0 Å². The average Bonchev–Trinajstić information content (AvgIpc) is 2.79. The Morgan fingerprint density at radius 2 is 1.87 bits per heavy atom. The van der Waals surface area contributed by atoms with Gasteiger partial charge < -0.3 is 15.1 Å². The van der Waals surface area contributed by atoms with Gasteiger partial charge in [-0.15, -0.1) is 0 Å². The summed E-state index contributed by atoms with van der Waals surface area (Å²) in [4.78, 5) is 22.2. The van der Waals surface area contributed by atoms with Gasteiger partial charge in [0.2, 0.25) is 0 Å². The van der Waals surface area contributed by atoms with Crippen LogP contribution >= 0.6 is 11.6 Å². The van der Waals surface area contributed by atoms with Gasteiger partial charge in [0.1, 0.15) is 0 Å². The zero-order chi connectivity index (χ0) is 20.8. The van der Waals surface area contributed by atoms with Crippen LogP contribution in [0.15, 0.2) is 42.6 Å². The predicted octanol–water partition coefficient (Wildman–Crippen LogP) is 5.08. The number of aromatic nitrogens is 1. The highest BCUT2D eigenvalue weighted by atomic mass is 35.5. The molecule has 0 bridgehead atoms. The molecule has 1 aromatic carbocycles. The molecule has 0 spiro atoms. The van der Waals surface area contributed by atoms with Gasteiger partial charge in [0.05, 0.1) is 5.69 Å². The molecule has 2 fully saturated rings. The van der Waals surface area contributed by atoms with Crippen molar-refractivity contribution in [3.05, 3.63) is 53.2 Å². The van der Waals surface area contributed by atoms with E-state index in [-0.39, 0.29) is 5.91 Å². The fourth-order valence-electron chi connectivity index (χ4n) is 4.55. The third-order valence-electron chi connectivity index (χ3n) is 6.34. The van der Waals surface area contributed by atoms with E-state index in [0.717, 1.165) is 30.5 Å². The first-order valence-corrected chi connectivity index (χ1v) is 11.6. The second-order valence-electron chi connectivity index (χ2n) is 8.46. The first-order chi connectivity index (χ1) is 14.7. The number of benzene rings is 1. The van der Waals surface area contributed by atoms with E-state index in [0.29, 0.717) is 10.6 Å². The fraction of sp³-hybridized carbons (Fsp3) is 0.500. The first-order valence-electron chi connectivity index (χ1n) is 11.2. The van der Waals surface area contributed by atoms with Crippen LogP contribution in [0, 0.1) is 5.92 Å². The Hall–Kier alpha value is -2.11. The van der Waals surface area contributed by atoms with E-state index in [1.165, 1.54) is 58.2 Å². The maximum absolute atomic E-state index is 12.7. The summed E-state index contributed by atoms with van der Waals surface area (Å²) in [6, 6.07) is 10.8. The van der Waals surface area contributed by atoms with Crippen molar-refractivity contribution < 1.29 is 4.79 Å². The van der Waals surface area contributed by atoms with E-state index in [1.807, 2.05) is 12.1 Å². The molecule has 1 amide bonds. The van der Waals surface area contributed by atoms with Gasteiger partial charge in [-0.05, 0) is 88.0 Å². The number of pyridine rings is 1. The normalized spacial score (nSPS) is 18.4. The minimum absolute atomic E-state index is 0.164. The molecule has 160 valence electrons. The number of anilines is 2. The number of rotatable bonds is 6. The lowest BCUT2D eigenvalue weighted by molar-refractivity contribution is 0.102. The van der Waals surface area contributed by atoms with Crippen molar-refractivity contribution in [1.29, 1.82) is 0 Å². The number of likely N-dealkylation sites (tertiary alicyclic amines) is 1. The largest absolute Gasteiger partial charge is 0.355 e. The Bertz CT molecular complexity index is 845. The van der Waals surface area contributed by atoms with Gasteiger partial charge in [0.25, 0.3) is 5.91 Å². The molecule has 0 atom stereocenters. The second-order valence-corrected chi connectivity index (χ2v) is 8.90. The molecule has 0 aliphatic carbocycles. The topological polar surface area (TPSA) is 48.5 Å². The van der Waals surface area contributed by atoms with Crippen LogP contribution in [-0.2, 0) is 0 Å². The Kier molecular flexibility index (Phi) is 7.24. The second kappa shape index (κ2) is 10.3. The number of carbonyl (C=O) groups excluding carboxylic acids is 1. The number of halogens is 1. The minimum Gasteiger partial charge on any atom is -0.355 e. The van der Waals surface area contributed by atoms with Gasteiger partial charge in [0, 0.05) is 29.9 Å². The summed E-state index contributed by atoms with van der Waals surface area (Å²) in [6.07, 6.45) is 9.60. The van der Waals surface area contributed by atoms with Crippen LogP contribution in [0.4, 0.5) is 11.5 Å². The molecule has 0 radical (unpaired) electrons. The van der Waals surface area contributed by atoms with E-state index >= 15 is 0 Å². The van der Waals surface area contributed by atoms with Crippen LogP contribution in [0.25, 0.3) is 0 Å². The van der Waals surface area contributed by atoms with Crippen molar-refractivity contribution in [3.8, 4) is 0 Å². The van der Waals surface area contributed by atoms with Gasteiger partial charge in [-0.2, -0.15) is 0 Å². The Morgan fingerprint density at radius 1 is 1.07 bits per heavy atom. The number of hydrogen-bond donors (Lipinski definition) is 1. The number of piperidine rings is 2. The maximum Gasteiger partial charge on any atom is 0.255 e. The number of carbonyl (C=O) groups is 1. The molecular formula is C24H31ClN4O. The lowest BCUT2D eigenvalue weighted by Gasteiger charge is -2.35. The molecule has 1 aromatic heterocycles. The summed E-state index contributed by atoms with van der Waals surface area (Å²) >= 11 is 6.03. The quantitative estimate of drug-likeness (QED) is 0.699. The number of nitrogens with one attached hydrogen (secondary N) is 1. The van der Waals surface area contributed by atoms with E-state index in [4.69, 9.17) is 11.6 Å². The highest BCUT2D eigenvalue weighted by Crippen LogP contribution is 2.29. The van der Waals surface area contributed by atoms with Crippen molar-refractivity contribution in [3.63, 3.8) is 0 Å². The third kappa shape index (κ3) is 5.52. The monoisotopic (exact) mass is 426 g/mol. The molecule has 2 aromatic rings. The lowest BCUT2D eigenvalue weighted by Crippen LogP contribution is -2.37. The summed E-state index contributed by atoms with van der Waals surface area (Å²) in [5, 5.41) is 3.58. The molecule has 2 aliphatic heterocycles. The SMILES string of the molecule is O=C(Nc1cccnc1N1CCC(CCN2CCCCC2)CC1)c1cccc(Cl)c1. The first kappa shape index (κ1) is 21.1. The summed E-state index contributed by atoms with van der Waals surface area (Å²) in [7, 11) is 0. The standard InChI is InChI=1S/C24H31ClN4O/c25-21-7-4-6-20(18-21)24(30)27-22-8-5-12-26-23(22)29-16-10-19(11-17-29)9-15-28-13-2-1-3-14-28/h4-8,12,18-19H,1-3,9-11,13-17H2,(H,27,30). The molecule has 6 heteroatoms. The summed E-state index contributed by atoms with van der Waals surface area (Å²) in [5.41, 5.74) is 1.31. The van der Waals surface area contributed by atoms with Crippen LogP contribution in [0.2, 0.25) is 5.02 Å². The van der Waals surface area contributed by atoms with Crippen molar-refractivity contribution in [1.82, 2.24) is 9.88 Å². The summed E-state index contributed by atoms with van der Waals surface area (Å²) < 4.78 is 0. The van der Waals surface area contributed by atoms with Crippen LogP contribution in [0.3, 0.4) is 0 Å². The molecule has 0 saturated carbocycles. The number of nitrogens with zero attached hydrogens (tertiary/aromatic N) is 3. The van der Waals surface area contributed by atoms with Gasteiger partial charge in [-0.1, -0.05) is 24.1 Å². The summed E-state index contributed by atoms with van der Waals surface area (Å²) in [5.74, 6) is 1.49.